The first-order valence-electron chi connectivity index (χ1n) is 20.0. The van der Waals surface area contributed by atoms with E-state index in [-0.39, 0.29) is 41.6 Å². The molecule has 17 heteroatoms. The molecule has 3 aromatic carbocycles. The zero-order chi connectivity index (χ0) is 42.1. The lowest BCUT2D eigenvalue weighted by Gasteiger charge is -2.39. The van der Waals surface area contributed by atoms with Crippen LogP contribution in [0.3, 0.4) is 0 Å². The number of methoxy groups -OCH3 is 3. The molecule has 0 spiro atoms. The molecule has 3 amide bonds. The molecule has 0 aromatic heterocycles. The monoisotopic (exact) mass is 872 g/mol. The van der Waals surface area contributed by atoms with Gasteiger partial charge in [-0.05, 0) is 61.2 Å². The summed E-state index contributed by atoms with van der Waals surface area (Å²) in [6.07, 6.45) is 2.47. The predicted octanol–water partition coefficient (Wildman–Crippen LogP) is 5.98. The van der Waals surface area contributed by atoms with E-state index < -0.39 is 22.1 Å². The number of ether oxygens (including phenoxy) is 4. The molecule has 3 heterocycles. The van der Waals surface area contributed by atoms with Crippen molar-refractivity contribution in [3.63, 3.8) is 0 Å². The summed E-state index contributed by atoms with van der Waals surface area (Å²) >= 11 is 12.8. The van der Waals surface area contributed by atoms with Crippen molar-refractivity contribution in [2.24, 2.45) is 4.99 Å². The Balaban J connectivity index is 1.42. The number of urea groups is 1. The largest absolute Gasteiger partial charge is 0.495 e. The normalized spacial score (nSPS) is 19.1. The van der Waals surface area contributed by atoms with E-state index in [1.165, 1.54) is 11.4 Å². The van der Waals surface area contributed by atoms with Crippen LogP contribution in [0.25, 0.3) is 0 Å². The third-order valence-corrected chi connectivity index (χ3v) is 13.3. The third-order valence-electron chi connectivity index (χ3n) is 10.9. The third kappa shape index (κ3) is 10.3. The minimum absolute atomic E-state index is 0.0308. The molecule has 3 aromatic rings. The summed E-state index contributed by atoms with van der Waals surface area (Å²) in [6, 6.07) is 16.1. The Hall–Kier alpha value is -3.96. The van der Waals surface area contributed by atoms with Gasteiger partial charge in [-0.15, -0.1) is 0 Å². The number of halogens is 2. The Labute approximate surface area is 357 Å². The molecule has 0 saturated carbocycles. The number of carbonyl (C=O) groups is 2. The van der Waals surface area contributed by atoms with Crippen molar-refractivity contribution < 1.29 is 37.0 Å². The summed E-state index contributed by atoms with van der Waals surface area (Å²) in [5, 5.41) is 1.08. The Morgan fingerprint density at radius 2 is 1.39 bits per heavy atom. The van der Waals surface area contributed by atoms with E-state index in [2.05, 4.69) is 0 Å². The highest BCUT2D eigenvalue weighted by atomic mass is 35.5. The van der Waals surface area contributed by atoms with Crippen LogP contribution < -0.4 is 9.47 Å². The molecule has 0 aliphatic carbocycles. The number of sulfonamides is 1. The zero-order valence-corrected chi connectivity index (χ0v) is 36.5. The number of piperidine rings is 1. The molecular weight excluding hydrogens is 819 g/mol. The number of hydrogen-bond acceptors (Lipinski definition) is 10. The van der Waals surface area contributed by atoms with Crippen LogP contribution in [0.4, 0.5) is 4.79 Å². The molecule has 0 radical (unpaired) electrons. The molecule has 3 aliphatic heterocycles. The van der Waals surface area contributed by atoms with Gasteiger partial charge in [-0.1, -0.05) is 53.9 Å². The van der Waals surface area contributed by atoms with Gasteiger partial charge in [-0.3, -0.25) is 19.6 Å². The number of rotatable bonds is 16. The lowest BCUT2D eigenvalue weighted by molar-refractivity contribution is -0.134. The number of nitrogens with zero attached hydrogens (tertiary/aromatic N) is 6. The Morgan fingerprint density at radius 3 is 1.95 bits per heavy atom. The van der Waals surface area contributed by atoms with Crippen LogP contribution in [0.1, 0.15) is 55.0 Å². The second-order valence-corrected chi connectivity index (χ2v) is 17.4. The van der Waals surface area contributed by atoms with Gasteiger partial charge in [0.05, 0.1) is 45.1 Å². The minimum atomic E-state index is -4.02. The summed E-state index contributed by atoms with van der Waals surface area (Å²) in [5.74, 6) is 0.664. The molecule has 320 valence electrons. The molecule has 3 aliphatic rings. The average molecular weight is 874 g/mol. The smallest absolute Gasteiger partial charge is 0.326 e. The number of hydrogen-bond donors (Lipinski definition) is 0. The second kappa shape index (κ2) is 20.5. The maximum atomic E-state index is 15.3. The fraction of sp³-hybridized carbons (Fsp3) is 0.500. The lowest BCUT2D eigenvalue weighted by atomic mass is 9.93. The predicted molar refractivity (Wildman–Crippen MR) is 227 cm³/mol. The standard InChI is InChI=1S/C42H54Cl2N6O8S/c1-5-58-35-28-36(57-4)37(59(53,54)49-17-7-6-8-18-49)27-34(35)41-45-39(30-9-13-32(43)14-10-30)40(31-11-15-33(44)16-12-31)50(41)42(52)48-21-19-46(20-22-48)29-38(51)47(23-25-55-2)24-26-56-3/h9-16,27-28,39-40H,5-8,17-26,29H2,1-4H3/t39-,40+/m0/s1. The number of amides is 3. The summed E-state index contributed by atoms with van der Waals surface area (Å²) in [5.41, 5.74) is 1.90. The first kappa shape index (κ1) is 44.6. The van der Waals surface area contributed by atoms with Gasteiger partial charge in [0.25, 0.3) is 0 Å². The van der Waals surface area contributed by atoms with Gasteiger partial charge in [-0.25, -0.2) is 13.2 Å². The van der Waals surface area contributed by atoms with Crippen molar-refractivity contribution >= 4 is 51.0 Å². The first-order valence-corrected chi connectivity index (χ1v) is 22.2. The van der Waals surface area contributed by atoms with E-state index in [9.17, 15) is 13.2 Å². The van der Waals surface area contributed by atoms with Crippen molar-refractivity contribution in [2.75, 3.05) is 100 Å². The molecule has 2 saturated heterocycles. The van der Waals surface area contributed by atoms with E-state index in [0.29, 0.717) is 86.9 Å². The van der Waals surface area contributed by atoms with Gasteiger partial charge in [-0.2, -0.15) is 4.31 Å². The van der Waals surface area contributed by atoms with Crippen molar-refractivity contribution in [1.82, 2.24) is 23.9 Å². The summed E-state index contributed by atoms with van der Waals surface area (Å²) < 4.78 is 52.6. The van der Waals surface area contributed by atoms with E-state index in [0.717, 1.165) is 30.4 Å². The fourth-order valence-electron chi connectivity index (χ4n) is 7.76. The highest BCUT2D eigenvalue weighted by Crippen LogP contribution is 2.47. The molecule has 0 bridgehead atoms. The minimum Gasteiger partial charge on any atom is -0.495 e. The molecule has 2 fully saturated rings. The molecule has 2 atom stereocenters. The van der Waals surface area contributed by atoms with Crippen LogP contribution in [0.2, 0.25) is 10.0 Å². The van der Waals surface area contributed by atoms with Crippen LogP contribution in [0.15, 0.2) is 70.6 Å². The molecule has 59 heavy (non-hydrogen) atoms. The van der Waals surface area contributed by atoms with Crippen molar-refractivity contribution in [3.05, 3.63) is 87.4 Å². The fourth-order valence-corrected chi connectivity index (χ4v) is 9.69. The maximum absolute atomic E-state index is 15.3. The van der Waals surface area contributed by atoms with E-state index in [1.807, 2.05) is 36.1 Å². The Kier molecular flexibility index (Phi) is 15.5. The van der Waals surface area contributed by atoms with E-state index in [4.69, 9.17) is 47.1 Å². The van der Waals surface area contributed by atoms with Crippen molar-refractivity contribution in [2.45, 2.75) is 43.2 Å². The Bertz CT molecular complexity index is 2030. The molecule has 0 unspecified atom stereocenters. The van der Waals surface area contributed by atoms with Gasteiger partial charge in [0, 0.05) is 82.7 Å². The summed E-state index contributed by atoms with van der Waals surface area (Å²) in [7, 11) is 0.616. The maximum Gasteiger partial charge on any atom is 0.326 e. The van der Waals surface area contributed by atoms with Gasteiger partial charge in [0.15, 0.2) is 0 Å². The van der Waals surface area contributed by atoms with Crippen LogP contribution >= 0.6 is 23.2 Å². The molecule has 0 N–H and O–H groups in total. The molecule has 6 rings (SSSR count). The second-order valence-electron chi connectivity index (χ2n) is 14.6. The lowest BCUT2D eigenvalue weighted by Crippen LogP contribution is -2.55. The zero-order valence-electron chi connectivity index (χ0n) is 34.1. The highest BCUT2D eigenvalue weighted by molar-refractivity contribution is 7.89. The summed E-state index contributed by atoms with van der Waals surface area (Å²) in [6.45, 7) is 6.37. The first-order chi connectivity index (χ1) is 28.5. The molecule has 14 nitrogen and oxygen atoms in total. The number of piperazine rings is 1. The number of benzene rings is 3. The average Bonchev–Trinajstić information content (AvgIpc) is 3.64. The van der Waals surface area contributed by atoms with Crippen LogP contribution in [-0.4, -0.2) is 150 Å². The van der Waals surface area contributed by atoms with Crippen LogP contribution in [0, 0.1) is 0 Å². The van der Waals surface area contributed by atoms with Gasteiger partial charge in [0.1, 0.15) is 28.3 Å². The summed E-state index contributed by atoms with van der Waals surface area (Å²) in [4.78, 5) is 41.1. The number of aliphatic imine (C=N–C) groups is 1. The molecular formula is C42H54Cl2N6O8S. The Morgan fingerprint density at radius 1 is 0.797 bits per heavy atom. The topological polar surface area (TPSA) is 134 Å². The quantitative estimate of drug-likeness (QED) is 0.171. The SMILES string of the molecule is CCOc1cc(OC)c(S(=O)(=O)N2CCCCC2)cc1C1=N[C@@H](c2ccc(Cl)cc2)[C@@H](c2ccc(Cl)cc2)N1C(=O)N1CCN(CC(=O)N(CCOC)CCOC)CC1. The highest BCUT2D eigenvalue weighted by Gasteiger charge is 2.46. The number of amidine groups is 1. The van der Waals surface area contributed by atoms with Gasteiger partial charge >= 0.3 is 6.03 Å². The van der Waals surface area contributed by atoms with Crippen molar-refractivity contribution in [1.29, 1.82) is 0 Å². The van der Waals surface area contributed by atoms with Crippen LogP contribution in [-0.2, 0) is 24.3 Å². The van der Waals surface area contributed by atoms with Crippen molar-refractivity contribution in [3.8, 4) is 11.5 Å². The van der Waals surface area contributed by atoms with Gasteiger partial charge in [0.2, 0.25) is 15.9 Å². The van der Waals surface area contributed by atoms with E-state index >= 15 is 4.79 Å². The van der Waals surface area contributed by atoms with Gasteiger partial charge < -0.3 is 28.7 Å². The van der Waals surface area contributed by atoms with E-state index in [1.54, 1.807) is 65.3 Å². The van der Waals surface area contributed by atoms with Crippen LogP contribution in [0.5, 0.6) is 11.5 Å². The number of carbonyl (C=O) groups excluding carboxylic acids is 2.